The van der Waals surface area contributed by atoms with Gasteiger partial charge in [0, 0.05) is 17.1 Å². The summed E-state index contributed by atoms with van der Waals surface area (Å²) < 4.78 is 5.32. The van der Waals surface area contributed by atoms with Crippen LogP contribution in [0.5, 0.6) is 5.75 Å². The van der Waals surface area contributed by atoms with Gasteiger partial charge in [-0.2, -0.15) is 0 Å². The molecule has 2 rings (SSSR count). The number of hydrogen-bond acceptors (Lipinski definition) is 4. The molecular weight excluding hydrogens is 248 g/mol. The highest BCUT2D eigenvalue weighted by atomic mass is 32.2. The fourth-order valence-electron chi connectivity index (χ4n) is 1.94. The molecule has 0 saturated heterocycles. The summed E-state index contributed by atoms with van der Waals surface area (Å²) in [5, 5.41) is 11.7. The first kappa shape index (κ1) is 13.1. The lowest BCUT2D eigenvalue weighted by atomic mass is 10.1. The lowest BCUT2D eigenvalue weighted by Gasteiger charge is -2.14. The van der Waals surface area contributed by atoms with E-state index in [0.29, 0.717) is 12.3 Å². The first-order valence-corrected chi connectivity index (χ1v) is 6.90. The average Bonchev–Trinajstić information content (AvgIpc) is 3.16. The van der Waals surface area contributed by atoms with Gasteiger partial charge in [-0.05, 0) is 30.4 Å². The van der Waals surface area contributed by atoms with Crippen molar-refractivity contribution >= 4 is 17.6 Å². The van der Waals surface area contributed by atoms with Crippen LogP contribution in [0.15, 0.2) is 34.3 Å². The number of methoxy groups -OCH3 is 1. The molecule has 1 aliphatic carbocycles. The molecule has 4 nitrogen and oxygen atoms in total. The molecule has 1 saturated carbocycles. The Kier molecular flexibility index (Phi) is 4.01. The Bertz CT molecular complexity index is 444. The molecule has 0 atom stereocenters. The molecule has 0 aliphatic heterocycles. The Morgan fingerprint density at radius 1 is 1.50 bits per heavy atom. The molecule has 1 fully saturated rings. The third-order valence-corrected chi connectivity index (χ3v) is 4.65. The van der Waals surface area contributed by atoms with E-state index in [0.717, 1.165) is 29.2 Å². The number of hydrogen-bond donors (Lipinski definition) is 2. The van der Waals surface area contributed by atoms with Gasteiger partial charge in [-0.25, -0.2) is 0 Å². The molecule has 1 aromatic rings. The Morgan fingerprint density at radius 3 is 2.83 bits per heavy atom. The van der Waals surface area contributed by atoms with Crippen molar-refractivity contribution in [2.45, 2.75) is 24.2 Å². The number of ether oxygens (including phenoxy) is 1. The number of thioether (sulfide) groups is 1. The fraction of sp³-hybridized carbons (Fsp3) is 0.462. The predicted molar refractivity (Wildman–Crippen MR) is 73.4 cm³/mol. The van der Waals surface area contributed by atoms with Crippen LogP contribution in [-0.4, -0.2) is 23.9 Å². The normalized spacial score (nSPS) is 17.5. The number of nitrogens with two attached hydrogens (primary N) is 1. The maximum atomic E-state index is 8.63. The van der Waals surface area contributed by atoms with E-state index in [1.54, 1.807) is 18.9 Å². The van der Waals surface area contributed by atoms with Gasteiger partial charge in [0.15, 0.2) is 0 Å². The highest BCUT2D eigenvalue weighted by Crippen LogP contribution is 2.52. The molecular formula is C13H18N2O2S. The molecule has 0 unspecified atom stereocenters. The molecule has 5 heteroatoms. The van der Waals surface area contributed by atoms with Gasteiger partial charge >= 0.3 is 0 Å². The minimum absolute atomic E-state index is 0.210. The van der Waals surface area contributed by atoms with Crippen molar-refractivity contribution in [1.82, 2.24) is 0 Å². The molecule has 18 heavy (non-hydrogen) atoms. The monoisotopic (exact) mass is 266 g/mol. The maximum absolute atomic E-state index is 8.63. The van der Waals surface area contributed by atoms with Crippen molar-refractivity contribution < 1.29 is 9.94 Å². The lowest BCUT2D eigenvalue weighted by molar-refractivity contribution is 0.315. The summed E-state index contributed by atoms with van der Waals surface area (Å²) in [6, 6.07) is 7.99. The van der Waals surface area contributed by atoms with Crippen LogP contribution in [0.25, 0.3) is 0 Å². The summed E-state index contributed by atoms with van der Waals surface area (Å²) in [5.41, 5.74) is 5.80. The summed E-state index contributed by atoms with van der Waals surface area (Å²) in [7, 11) is 1.68. The quantitative estimate of drug-likeness (QED) is 0.273. The number of para-hydroxylation sites is 1. The van der Waals surface area contributed by atoms with Crippen LogP contribution in [0.3, 0.4) is 0 Å². The zero-order chi connectivity index (χ0) is 13.0. The zero-order valence-electron chi connectivity index (χ0n) is 10.4. The van der Waals surface area contributed by atoms with Gasteiger partial charge in [0.25, 0.3) is 0 Å². The van der Waals surface area contributed by atoms with Crippen molar-refractivity contribution in [3.8, 4) is 5.75 Å². The smallest absolute Gasteiger partial charge is 0.139 e. The Balaban J connectivity index is 1.95. The number of benzene rings is 1. The summed E-state index contributed by atoms with van der Waals surface area (Å²) in [5.74, 6) is 2.21. The molecule has 1 aromatic carbocycles. The highest BCUT2D eigenvalue weighted by Gasteiger charge is 2.43. The fourth-order valence-corrected chi connectivity index (χ4v) is 3.26. The van der Waals surface area contributed by atoms with Crippen LogP contribution >= 0.6 is 11.8 Å². The van der Waals surface area contributed by atoms with Gasteiger partial charge in [0.1, 0.15) is 11.6 Å². The molecule has 0 heterocycles. The van der Waals surface area contributed by atoms with E-state index >= 15 is 0 Å². The minimum atomic E-state index is 0.210. The van der Waals surface area contributed by atoms with Crippen LogP contribution in [0.1, 0.15) is 19.3 Å². The van der Waals surface area contributed by atoms with Crippen molar-refractivity contribution in [2.75, 3.05) is 12.9 Å². The number of rotatable bonds is 6. The summed E-state index contributed by atoms with van der Waals surface area (Å²) in [6.07, 6.45) is 2.96. The van der Waals surface area contributed by atoms with Crippen LogP contribution in [0.4, 0.5) is 0 Å². The van der Waals surface area contributed by atoms with Gasteiger partial charge in [0.2, 0.25) is 0 Å². The van der Waals surface area contributed by atoms with Gasteiger partial charge in [0.05, 0.1) is 7.11 Å². The predicted octanol–water partition coefficient (Wildman–Crippen LogP) is 2.70. The molecule has 0 radical (unpaired) electrons. The second-order valence-electron chi connectivity index (χ2n) is 4.71. The van der Waals surface area contributed by atoms with Gasteiger partial charge in [-0.3, -0.25) is 0 Å². The van der Waals surface area contributed by atoms with Crippen LogP contribution in [0.2, 0.25) is 0 Å². The Labute approximate surface area is 111 Å². The van der Waals surface area contributed by atoms with E-state index in [4.69, 9.17) is 15.7 Å². The standard InChI is InChI=1S/C13H18N2O2S/c1-17-10-4-2-3-5-11(10)18-9-13(6-7-13)8-12(14)15-16/h2-5,16H,6-9H2,1H3,(H2,14,15). The third kappa shape index (κ3) is 3.10. The first-order chi connectivity index (χ1) is 8.69. The van der Waals surface area contributed by atoms with Crippen LogP contribution < -0.4 is 10.5 Å². The zero-order valence-corrected chi connectivity index (χ0v) is 11.2. The largest absolute Gasteiger partial charge is 0.496 e. The maximum Gasteiger partial charge on any atom is 0.139 e. The van der Waals surface area contributed by atoms with E-state index in [1.165, 1.54) is 0 Å². The van der Waals surface area contributed by atoms with Gasteiger partial charge < -0.3 is 15.7 Å². The first-order valence-electron chi connectivity index (χ1n) is 5.91. The SMILES string of the molecule is COc1ccccc1SCC1(CC(N)=NO)CC1. The average molecular weight is 266 g/mol. The third-order valence-electron chi connectivity index (χ3n) is 3.24. The molecule has 1 aliphatic rings. The molecule has 98 valence electrons. The number of amidine groups is 1. The molecule has 3 N–H and O–H groups in total. The number of nitrogens with zero attached hydrogens (tertiary/aromatic N) is 1. The van der Waals surface area contributed by atoms with E-state index in [9.17, 15) is 0 Å². The topological polar surface area (TPSA) is 67.8 Å². The molecule has 0 spiro atoms. The van der Waals surface area contributed by atoms with Crippen molar-refractivity contribution in [2.24, 2.45) is 16.3 Å². The van der Waals surface area contributed by atoms with Crippen molar-refractivity contribution in [3.05, 3.63) is 24.3 Å². The highest BCUT2D eigenvalue weighted by molar-refractivity contribution is 7.99. The summed E-state index contributed by atoms with van der Waals surface area (Å²) in [6.45, 7) is 0. The second-order valence-corrected chi connectivity index (χ2v) is 5.72. The minimum Gasteiger partial charge on any atom is -0.496 e. The summed E-state index contributed by atoms with van der Waals surface area (Å²) >= 11 is 1.78. The van der Waals surface area contributed by atoms with Crippen LogP contribution in [-0.2, 0) is 0 Å². The van der Waals surface area contributed by atoms with E-state index < -0.39 is 0 Å². The van der Waals surface area contributed by atoms with E-state index in [1.807, 2.05) is 18.2 Å². The van der Waals surface area contributed by atoms with E-state index in [-0.39, 0.29) is 5.41 Å². The Morgan fingerprint density at radius 2 is 2.22 bits per heavy atom. The van der Waals surface area contributed by atoms with Crippen molar-refractivity contribution in [3.63, 3.8) is 0 Å². The second kappa shape index (κ2) is 5.52. The van der Waals surface area contributed by atoms with E-state index in [2.05, 4.69) is 11.2 Å². The van der Waals surface area contributed by atoms with Gasteiger partial charge in [-0.15, -0.1) is 11.8 Å². The number of oxime groups is 1. The summed E-state index contributed by atoms with van der Waals surface area (Å²) in [4.78, 5) is 1.14. The van der Waals surface area contributed by atoms with Gasteiger partial charge in [-0.1, -0.05) is 17.3 Å². The van der Waals surface area contributed by atoms with Crippen molar-refractivity contribution in [1.29, 1.82) is 0 Å². The lowest BCUT2D eigenvalue weighted by Crippen LogP contribution is -2.19. The Hall–Kier alpha value is -1.36. The molecule has 0 aromatic heterocycles. The molecule has 0 amide bonds. The molecule has 0 bridgehead atoms. The van der Waals surface area contributed by atoms with Crippen LogP contribution in [0, 0.1) is 5.41 Å².